The topological polar surface area (TPSA) is 77.8 Å². The molecule has 0 saturated heterocycles. The van der Waals surface area contributed by atoms with E-state index in [1.54, 1.807) is 19.1 Å². The van der Waals surface area contributed by atoms with Gasteiger partial charge in [-0.1, -0.05) is 0 Å². The minimum Gasteiger partial charge on any atom is -0.481 e. The van der Waals surface area contributed by atoms with Crippen LogP contribution in [0.1, 0.15) is 12.5 Å². The SMILES string of the molecule is Cc1cc(=O)oc2cc(OC(C)C(=O)Nc3ccc(OC(F)(F)F)cc3)ccc12. The summed E-state index contributed by atoms with van der Waals surface area (Å²) in [6.07, 6.45) is -5.71. The number of halogens is 3. The molecule has 152 valence electrons. The molecule has 0 aliphatic carbocycles. The number of ether oxygens (including phenoxy) is 2. The van der Waals surface area contributed by atoms with Crippen LogP contribution in [0.2, 0.25) is 0 Å². The summed E-state index contributed by atoms with van der Waals surface area (Å²) in [7, 11) is 0. The maximum Gasteiger partial charge on any atom is 0.573 e. The minimum atomic E-state index is -4.79. The number of carbonyl (C=O) groups is 1. The van der Waals surface area contributed by atoms with Crippen LogP contribution in [0.15, 0.2) is 57.7 Å². The van der Waals surface area contributed by atoms with Crippen LogP contribution in [-0.4, -0.2) is 18.4 Å². The highest BCUT2D eigenvalue weighted by Crippen LogP contribution is 2.25. The maximum absolute atomic E-state index is 12.3. The number of benzene rings is 2. The Morgan fingerprint density at radius 2 is 1.72 bits per heavy atom. The first-order valence-electron chi connectivity index (χ1n) is 8.48. The van der Waals surface area contributed by atoms with E-state index in [2.05, 4.69) is 10.1 Å². The molecule has 1 aromatic heterocycles. The largest absolute Gasteiger partial charge is 0.573 e. The van der Waals surface area contributed by atoms with Gasteiger partial charge in [-0.15, -0.1) is 13.2 Å². The van der Waals surface area contributed by atoms with Crippen molar-refractivity contribution in [3.8, 4) is 11.5 Å². The second-order valence-electron chi connectivity index (χ2n) is 6.23. The number of alkyl halides is 3. The number of hydrogen-bond donors (Lipinski definition) is 1. The first-order valence-corrected chi connectivity index (χ1v) is 8.48. The van der Waals surface area contributed by atoms with Crippen molar-refractivity contribution >= 4 is 22.6 Å². The van der Waals surface area contributed by atoms with Crippen molar-refractivity contribution in [1.82, 2.24) is 0 Å². The molecule has 0 radical (unpaired) electrons. The van der Waals surface area contributed by atoms with Crippen LogP contribution in [0.25, 0.3) is 11.0 Å². The van der Waals surface area contributed by atoms with Crippen molar-refractivity contribution in [1.29, 1.82) is 0 Å². The van der Waals surface area contributed by atoms with E-state index in [1.165, 1.54) is 31.2 Å². The number of nitrogens with one attached hydrogen (secondary N) is 1. The summed E-state index contributed by atoms with van der Waals surface area (Å²) in [6.45, 7) is 3.29. The quantitative estimate of drug-likeness (QED) is 0.634. The summed E-state index contributed by atoms with van der Waals surface area (Å²) < 4.78 is 51.0. The second kappa shape index (κ2) is 7.86. The van der Waals surface area contributed by atoms with Crippen molar-refractivity contribution in [2.24, 2.45) is 0 Å². The molecule has 1 heterocycles. The fourth-order valence-corrected chi connectivity index (χ4v) is 2.62. The van der Waals surface area contributed by atoms with Crippen LogP contribution in [-0.2, 0) is 4.79 Å². The Morgan fingerprint density at radius 3 is 2.38 bits per heavy atom. The Balaban J connectivity index is 1.66. The Hall–Kier alpha value is -3.49. The molecule has 0 aliphatic rings. The predicted molar refractivity (Wildman–Crippen MR) is 99.1 cm³/mol. The van der Waals surface area contributed by atoms with Gasteiger partial charge in [-0.05, 0) is 55.8 Å². The summed E-state index contributed by atoms with van der Waals surface area (Å²) in [5.41, 5.74) is 0.878. The lowest BCUT2D eigenvalue weighted by Crippen LogP contribution is -2.30. The Morgan fingerprint density at radius 1 is 1.07 bits per heavy atom. The maximum atomic E-state index is 12.3. The van der Waals surface area contributed by atoms with Gasteiger partial charge in [0.25, 0.3) is 5.91 Å². The third kappa shape index (κ3) is 5.28. The van der Waals surface area contributed by atoms with E-state index in [-0.39, 0.29) is 5.69 Å². The van der Waals surface area contributed by atoms with E-state index in [9.17, 15) is 22.8 Å². The Bertz CT molecular complexity index is 1090. The number of anilines is 1. The molecule has 2 aromatic carbocycles. The molecule has 3 rings (SSSR count). The van der Waals surface area contributed by atoms with Gasteiger partial charge >= 0.3 is 12.0 Å². The number of aryl methyl sites for hydroxylation is 1. The average Bonchev–Trinajstić information content (AvgIpc) is 2.61. The van der Waals surface area contributed by atoms with Crippen molar-refractivity contribution in [3.05, 3.63) is 64.5 Å². The van der Waals surface area contributed by atoms with Gasteiger partial charge in [0.05, 0.1) is 0 Å². The number of rotatable bonds is 5. The summed E-state index contributed by atoms with van der Waals surface area (Å²) in [5, 5.41) is 3.28. The van der Waals surface area contributed by atoms with Crippen molar-refractivity contribution < 1.29 is 31.9 Å². The molecule has 6 nitrogen and oxygen atoms in total. The predicted octanol–water partition coefficient (Wildman–Crippen LogP) is 4.41. The first-order chi connectivity index (χ1) is 13.6. The highest BCUT2D eigenvalue weighted by molar-refractivity contribution is 5.94. The van der Waals surface area contributed by atoms with Crippen molar-refractivity contribution in [3.63, 3.8) is 0 Å². The van der Waals surface area contributed by atoms with Crippen LogP contribution >= 0.6 is 0 Å². The normalized spacial score (nSPS) is 12.4. The molecular weight excluding hydrogens is 391 g/mol. The lowest BCUT2D eigenvalue weighted by atomic mass is 10.1. The lowest BCUT2D eigenvalue weighted by molar-refractivity contribution is -0.274. The van der Waals surface area contributed by atoms with Gasteiger partial charge in [-0.25, -0.2) is 4.79 Å². The molecule has 0 fully saturated rings. The van der Waals surface area contributed by atoms with Gasteiger partial charge in [0.1, 0.15) is 17.1 Å². The van der Waals surface area contributed by atoms with Crippen LogP contribution in [0.3, 0.4) is 0 Å². The zero-order chi connectivity index (χ0) is 21.2. The molecule has 0 bridgehead atoms. The molecule has 1 N–H and O–H groups in total. The molecule has 9 heteroatoms. The number of hydrogen-bond acceptors (Lipinski definition) is 5. The average molecular weight is 407 g/mol. The summed E-state index contributed by atoms with van der Waals surface area (Å²) in [6, 6.07) is 11.0. The molecule has 3 aromatic rings. The van der Waals surface area contributed by atoms with Crippen LogP contribution in [0.5, 0.6) is 11.5 Å². The number of fused-ring (bicyclic) bond motifs is 1. The van der Waals surface area contributed by atoms with Crippen LogP contribution in [0.4, 0.5) is 18.9 Å². The monoisotopic (exact) mass is 407 g/mol. The van der Waals surface area contributed by atoms with E-state index < -0.39 is 29.7 Å². The van der Waals surface area contributed by atoms with Crippen LogP contribution in [0, 0.1) is 6.92 Å². The molecular formula is C20H16F3NO5. The fraction of sp³-hybridized carbons (Fsp3) is 0.200. The number of amides is 1. The Labute approximate surface area is 162 Å². The highest BCUT2D eigenvalue weighted by Gasteiger charge is 2.31. The zero-order valence-electron chi connectivity index (χ0n) is 15.4. The highest BCUT2D eigenvalue weighted by atomic mass is 19.4. The summed E-state index contributed by atoms with van der Waals surface area (Å²) in [5.74, 6) is -0.587. The summed E-state index contributed by atoms with van der Waals surface area (Å²) >= 11 is 0. The van der Waals surface area contributed by atoms with Gasteiger partial charge in [0.15, 0.2) is 6.10 Å². The van der Waals surface area contributed by atoms with Crippen molar-refractivity contribution in [2.45, 2.75) is 26.3 Å². The van der Waals surface area contributed by atoms with E-state index in [0.717, 1.165) is 23.1 Å². The van der Waals surface area contributed by atoms with Gasteiger partial charge in [0.2, 0.25) is 0 Å². The molecule has 0 saturated carbocycles. The second-order valence-corrected chi connectivity index (χ2v) is 6.23. The molecule has 1 unspecified atom stereocenters. The van der Waals surface area contributed by atoms with E-state index >= 15 is 0 Å². The third-order valence-corrected chi connectivity index (χ3v) is 3.96. The summed E-state index contributed by atoms with van der Waals surface area (Å²) in [4.78, 5) is 23.8. The van der Waals surface area contributed by atoms with Crippen LogP contribution < -0.4 is 20.4 Å². The molecule has 0 spiro atoms. The Kier molecular flexibility index (Phi) is 5.49. The van der Waals surface area contributed by atoms with Gasteiger partial charge in [0, 0.05) is 23.2 Å². The smallest absolute Gasteiger partial charge is 0.481 e. The van der Waals surface area contributed by atoms with E-state index in [0.29, 0.717) is 11.3 Å². The minimum absolute atomic E-state index is 0.278. The zero-order valence-corrected chi connectivity index (χ0v) is 15.4. The molecule has 29 heavy (non-hydrogen) atoms. The molecule has 1 amide bonds. The van der Waals surface area contributed by atoms with E-state index in [1.807, 2.05) is 0 Å². The standard InChI is InChI=1S/C20H16F3NO5/c1-11-9-18(25)28-17-10-15(7-8-16(11)17)27-12(2)19(26)24-13-3-5-14(6-4-13)29-20(21,22)23/h3-10,12H,1-2H3,(H,24,26). The lowest BCUT2D eigenvalue weighted by Gasteiger charge is -2.15. The van der Waals surface area contributed by atoms with Gasteiger partial charge < -0.3 is 19.2 Å². The van der Waals surface area contributed by atoms with Gasteiger partial charge in [-0.2, -0.15) is 0 Å². The van der Waals surface area contributed by atoms with Gasteiger partial charge in [-0.3, -0.25) is 4.79 Å². The fourth-order valence-electron chi connectivity index (χ4n) is 2.62. The molecule has 0 aliphatic heterocycles. The molecule has 1 atom stereocenters. The number of carbonyl (C=O) groups excluding carboxylic acids is 1. The van der Waals surface area contributed by atoms with E-state index in [4.69, 9.17) is 9.15 Å². The first kappa shape index (κ1) is 20.2. The third-order valence-electron chi connectivity index (χ3n) is 3.96. The van der Waals surface area contributed by atoms with Crippen molar-refractivity contribution in [2.75, 3.05) is 5.32 Å².